The fourth-order valence-electron chi connectivity index (χ4n) is 3.93. The number of benzene rings is 1. The lowest BCUT2D eigenvalue weighted by atomic mass is 10.1. The molecular formula is C20H23N9O. The highest BCUT2D eigenvalue weighted by Crippen LogP contribution is 2.27. The van der Waals surface area contributed by atoms with Crippen LogP contribution in [0.5, 0.6) is 0 Å². The molecule has 0 spiro atoms. The molecule has 0 amide bonds. The molecule has 0 bridgehead atoms. The lowest BCUT2D eigenvalue weighted by Gasteiger charge is -2.36. The number of nitrogens with one attached hydrogen (secondary N) is 1. The van der Waals surface area contributed by atoms with Crippen molar-refractivity contribution < 1.29 is 0 Å². The summed E-state index contributed by atoms with van der Waals surface area (Å²) < 4.78 is 1.63. The SMILES string of the molecule is CN(C)c1ncnc2ccc(N3CCN(c4nc5c(cnn5C)c(=O)[nH]4)CC3)cc12. The Kier molecular flexibility index (Phi) is 4.27. The number of hydrogen-bond donors (Lipinski definition) is 1. The van der Waals surface area contributed by atoms with Crippen molar-refractivity contribution in [1.29, 1.82) is 0 Å². The molecule has 1 fully saturated rings. The van der Waals surface area contributed by atoms with Crippen LogP contribution in [-0.4, -0.2) is 70.0 Å². The highest BCUT2D eigenvalue weighted by molar-refractivity contribution is 5.91. The number of aromatic amines is 1. The molecular weight excluding hydrogens is 382 g/mol. The van der Waals surface area contributed by atoms with Crippen LogP contribution < -0.4 is 20.3 Å². The largest absolute Gasteiger partial charge is 0.368 e. The summed E-state index contributed by atoms with van der Waals surface area (Å²) in [6.45, 7) is 3.17. The Morgan fingerprint density at radius 2 is 1.80 bits per heavy atom. The third kappa shape index (κ3) is 3.00. The lowest BCUT2D eigenvalue weighted by molar-refractivity contribution is 0.639. The van der Waals surface area contributed by atoms with Gasteiger partial charge in [-0.25, -0.2) is 9.97 Å². The number of nitrogens with zero attached hydrogens (tertiary/aromatic N) is 8. The summed E-state index contributed by atoms with van der Waals surface area (Å²) in [6.07, 6.45) is 3.15. The summed E-state index contributed by atoms with van der Waals surface area (Å²) in [5, 5.41) is 5.68. The molecule has 5 rings (SSSR count). The maximum Gasteiger partial charge on any atom is 0.263 e. The van der Waals surface area contributed by atoms with Crippen LogP contribution in [0, 0.1) is 0 Å². The Hall–Kier alpha value is -3.69. The van der Waals surface area contributed by atoms with Gasteiger partial charge in [-0.2, -0.15) is 10.1 Å². The second-order valence-electron chi connectivity index (χ2n) is 7.66. The third-order valence-corrected chi connectivity index (χ3v) is 5.56. The summed E-state index contributed by atoms with van der Waals surface area (Å²) in [7, 11) is 5.77. The first-order valence-corrected chi connectivity index (χ1v) is 9.85. The minimum Gasteiger partial charge on any atom is -0.368 e. The normalized spacial score (nSPS) is 14.6. The van der Waals surface area contributed by atoms with Gasteiger partial charge in [0.25, 0.3) is 5.56 Å². The summed E-state index contributed by atoms with van der Waals surface area (Å²) in [5.41, 5.74) is 2.52. The number of aryl methyl sites for hydroxylation is 1. The monoisotopic (exact) mass is 405 g/mol. The highest BCUT2D eigenvalue weighted by atomic mass is 16.1. The first kappa shape index (κ1) is 18.3. The van der Waals surface area contributed by atoms with E-state index < -0.39 is 0 Å². The summed E-state index contributed by atoms with van der Waals surface area (Å²) in [6, 6.07) is 6.30. The van der Waals surface area contributed by atoms with E-state index in [-0.39, 0.29) is 5.56 Å². The number of H-pyrrole nitrogens is 1. The van der Waals surface area contributed by atoms with Crippen LogP contribution in [0.1, 0.15) is 0 Å². The first-order valence-electron chi connectivity index (χ1n) is 9.85. The van der Waals surface area contributed by atoms with E-state index in [1.165, 1.54) is 0 Å². The van der Waals surface area contributed by atoms with Crippen LogP contribution in [0.25, 0.3) is 21.9 Å². The van der Waals surface area contributed by atoms with Gasteiger partial charge in [-0.15, -0.1) is 0 Å². The van der Waals surface area contributed by atoms with Crippen molar-refractivity contribution in [3.63, 3.8) is 0 Å². The zero-order valence-electron chi connectivity index (χ0n) is 17.2. The maximum absolute atomic E-state index is 12.4. The predicted molar refractivity (Wildman–Crippen MR) is 117 cm³/mol. The molecule has 0 aliphatic carbocycles. The topological polar surface area (TPSA) is 99.1 Å². The van der Waals surface area contributed by atoms with Gasteiger partial charge in [-0.3, -0.25) is 14.5 Å². The van der Waals surface area contributed by atoms with Crippen LogP contribution in [0.2, 0.25) is 0 Å². The van der Waals surface area contributed by atoms with E-state index in [0.29, 0.717) is 17.0 Å². The van der Waals surface area contributed by atoms with Crippen molar-refractivity contribution in [2.45, 2.75) is 0 Å². The number of piperazine rings is 1. The van der Waals surface area contributed by atoms with E-state index >= 15 is 0 Å². The first-order chi connectivity index (χ1) is 14.5. The number of hydrogen-bond acceptors (Lipinski definition) is 8. The molecule has 4 aromatic rings. The molecule has 30 heavy (non-hydrogen) atoms. The zero-order chi connectivity index (χ0) is 20.8. The maximum atomic E-state index is 12.4. The van der Waals surface area contributed by atoms with Gasteiger partial charge in [0.1, 0.15) is 17.5 Å². The molecule has 4 heterocycles. The number of anilines is 3. The minimum absolute atomic E-state index is 0.156. The molecule has 154 valence electrons. The fourth-order valence-corrected chi connectivity index (χ4v) is 3.93. The quantitative estimate of drug-likeness (QED) is 0.539. The Labute approximate surface area is 172 Å². The average molecular weight is 405 g/mol. The van der Waals surface area contributed by atoms with Gasteiger partial charge in [0, 0.05) is 58.4 Å². The third-order valence-electron chi connectivity index (χ3n) is 5.56. The Morgan fingerprint density at radius 3 is 2.57 bits per heavy atom. The molecule has 10 nitrogen and oxygen atoms in total. The molecule has 10 heteroatoms. The number of fused-ring (bicyclic) bond motifs is 2. The molecule has 1 aliphatic heterocycles. The fraction of sp³-hybridized carbons (Fsp3) is 0.350. The number of rotatable bonds is 3. The molecule has 0 unspecified atom stereocenters. The number of aromatic nitrogens is 6. The average Bonchev–Trinajstić information content (AvgIpc) is 3.14. The second kappa shape index (κ2) is 6.97. The Balaban J connectivity index is 1.39. The van der Waals surface area contributed by atoms with E-state index in [0.717, 1.165) is 48.6 Å². The van der Waals surface area contributed by atoms with Crippen molar-refractivity contribution in [3.8, 4) is 0 Å². The van der Waals surface area contributed by atoms with Crippen LogP contribution in [0.15, 0.2) is 35.5 Å². The van der Waals surface area contributed by atoms with Crippen molar-refractivity contribution in [1.82, 2.24) is 29.7 Å². The Bertz CT molecular complexity index is 1280. The molecule has 1 aliphatic rings. The van der Waals surface area contributed by atoms with Gasteiger partial charge in [0.15, 0.2) is 5.65 Å². The van der Waals surface area contributed by atoms with E-state index in [2.05, 4.69) is 47.0 Å². The molecule has 1 saturated heterocycles. The van der Waals surface area contributed by atoms with Gasteiger partial charge in [0.2, 0.25) is 5.95 Å². The molecule has 0 saturated carbocycles. The molecule has 3 aromatic heterocycles. The Morgan fingerprint density at radius 1 is 1.03 bits per heavy atom. The van der Waals surface area contributed by atoms with Gasteiger partial charge < -0.3 is 14.7 Å². The van der Waals surface area contributed by atoms with E-state index in [1.807, 2.05) is 25.1 Å². The van der Waals surface area contributed by atoms with Gasteiger partial charge in [0.05, 0.1) is 11.7 Å². The van der Waals surface area contributed by atoms with Crippen molar-refractivity contribution in [2.24, 2.45) is 7.05 Å². The van der Waals surface area contributed by atoms with Crippen molar-refractivity contribution >= 4 is 39.4 Å². The zero-order valence-corrected chi connectivity index (χ0v) is 17.2. The molecule has 1 aromatic carbocycles. The van der Waals surface area contributed by atoms with Crippen molar-refractivity contribution in [3.05, 3.63) is 41.1 Å². The van der Waals surface area contributed by atoms with Gasteiger partial charge >= 0.3 is 0 Å². The molecule has 0 radical (unpaired) electrons. The second-order valence-corrected chi connectivity index (χ2v) is 7.66. The molecule has 1 N–H and O–H groups in total. The van der Waals surface area contributed by atoms with Crippen LogP contribution >= 0.6 is 0 Å². The van der Waals surface area contributed by atoms with E-state index in [1.54, 1.807) is 24.3 Å². The van der Waals surface area contributed by atoms with Crippen LogP contribution in [0.3, 0.4) is 0 Å². The summed E-state index contributed by atoms with van der Waals surface area (Å²) in [5.74, 6) is 1.50. The van der Waals surface area contributed by atoms with Crippen LogP contribution in [0.4, 0.5) is 17.5 Å². The van der Waals surface area contributed by atoms with E-state index in [4.69, 9.17) is 0 Å². The van der Waals surface area contributed by atoms with Crippen molar-refractivity contribution in [2.75, 3.05) is 55.0 Å². The summed E-state index contributed by atoms with van der Waals surface area (Å²) in [4.78, 5) is 35.1. The van der Waals surface area contributed by atoms with Crippen LogP contribution in [-0.2, 0) is 7.05 Å². The highest BCUT2D eigenvalue weighted by Gasteiger charge is 2.21. The standard InChI is InChI=1S/C20H23N9O/c1-26(2)17-14-10-13(4-5-16(14)21-12-22-17)28-6-8-29(9-7-28)20-24-18-15(19(30)25-20)11-23-27(18)3/h4-5,10-12H,6-9H2,1-3H3,(H,24,25,30). The predicted octanol–water partition coefficient (Wildman–Crippen LogP) is 0.992. The lowest BCUT2D eigenvalue weighted by Crippen LogP contribution is -2.47. The van der Waals surface area contributed by atoms with Gasteiger partial charge in [-0.1, -0.05) is 0 Å². The smallest absolute Gasteiger partial charge is 0.263 e. The minimum atomic E-state index is -0.156. The molecule has 0 atom stereocenters. The van der Waals surface area contributed by atoms with E-state index in [9.17, 15) is 4.79 Å². The van der Waals surface area contributed by atoms with Gasteiger partial charge in [-0.05, 0) is 18.2 Å². The summed E-state index contributed by atoms with van der Waals surface area (Å²) >= 11 is 0.